The Balaban J connectivity index is 1.68. The maximum absolute atomic E-state index is 6.42. The van der Waals surface area contributed by atoms with Crippen molar-refractivity contribution in [3.63, 3.8) is 0 Å². The lowest BCUT2D eigenvalue weighted by atomic mass is 10.1. The SMILES string of the molecule is COc1cc(OC)cc(N(CCCOS(C)(C)C(C)(C)C)c2ccc3ncc(-c4cnc(OC)nc4)nc3c2)c1. The van der Waals surface area contributed by atoms with E-state index in [9.17, 15) is 0 Å². The lowest BCUT2D eigenvalue weighted by Crippen LogP contribution is -2.26. The zero-order chi connectivity index (χ0) is 28.9. The second-order valence-corrected chi connectivity index (χ2v) is 14.6. The molecule has 0 bridgehead atoms. The molecule has 0 unspecified atom stereocenters. The summed E-state index contributed by atoms with van der Waals surface area (Å²) in [4.78, 5) is 20.1. The van der Waals surface area contributed by atoms with Crippen LogP contribution in [0.25, 0.3) is 22.3 Å². The van der Waals surface area contributed by atoms with E-state index < -0.39 is 10.3 Å². The number of aromatic nitrogens is 4. The maximum atomic E-state index is 6.42. The number of fused-ring (bicyclic) bond motifs is 1. The highest BCUT2D eigenvalue weighted by molar-refractivity contribution is 8.29. The fourth-order valence-electron chi connectivity index (χ4n) is 3.88. The average Bonchev–Trinajstić information content (AvgIpc) is 2.95. The van der Waals surface area contributed by atoms with Gasteiger partial charge >= 0.3 is 6.01 Å². The first kappa shape index (κ1) is 29.4. The van der Waals surface area contributed by atoms with Gasteiger partial charge in [0.25, 0.3) is 0 Å². The minimum Gasteiger partial charge on any atom is -0.497 e. The first-order chi connectivity index (χ1) is 19.0. The number of rotatable bonds is 11. The molecule has 0 fully saturated rings. The van der Waals surface area contributed by atoms with E-state index in [1.165, 1.54) is 7.11 Å². The molecule has 2 aromatic carbocycles. The summed E-state index contributed by atoms with van der Waals surface area (Å²) in [7, 11) is 3.64. The van der Waals surface area contributed by atoms with Gasteiger partial charge in [0.15, 0.2) is 0 Å². The van der Waals surface area contributed by atoms with E-state index in [1.54, 1.807) is 32.8 Å². The first-order valence-electron chi connectivity index (χ1n) is 13.1. The molecular formula is C30H39N5O4S. The number of nitrogens with zero attached hydrogens (tertiary/aromatic N) is 5. The topological polar surface area (TPSA) is 91.7 Å². The Morgan fingerprint density at radius 2 is 1.45 bits per heavy atom. The molecule has 2 heterocycles. The molecular weight excluding hydrogens is 526 g/mol. The van der Waals surface area contributed by atoms with Crippen molar-refractivity contribution < 1.29 is 18.4 Å². The van der Waals surface area contributed by atoms with Gasteiger partial charge in [-0.05, 0) is 37.1 Å². The molecule has 0 atom stereocenters. The molecule has 0 aliphatic heterocycles. The molecule has 4 rings (SSSR count). The van der Waals surface area contributed by atoms with E-state index in [4.69, 9.17) is 23.4 Å². The van der Waals surface area contributed by atoms with Crippen molar-refractivity contribution in [1.82, 2.24) is 19.9 Å². The standard InChI is InChI=1S/C30H39N5O4S/c1-30(2,3)40(7,8)39-13-9-12-35(23-14-24(36-4)17-25(15-23)37-5)22-10-11-26-27(16-22)34-28(20-31-26)21-18-32-29(38-6)33-19-21/h10-11,14-20H,9,12-13H2,1-8H3. The lowest BCUT2D eigenvalue weighted by molar-refractivity contribution is 0.344. The Kier molecular flexibility index (Phi) is 9.00. The van der Waals surface area contributed by atoms with Crippen LogP contribution in [0.2, 0.25) is 0 Å². The normalized spacial score (nSPS) is 12.3. The van der Waals surface area contributed by atoms with E-state index in [-0.39, 0.29) is 4.75 Å². The fourth-order valence-corrected chi connectivity index (χ4v) is 4.77. The highest BCUT2D eigenvalue weighted by Crippen LogP contribution is 2.53. The minimum atomic E-state index is -1.21. The molecule has 0 aliphatic rings. The van der Waals surface area contributed by atoms with Gasteiger partial charge in [0.1, 0.15) is 11.5 Å². The predicted molar refractivity (Wildman–Crippen MR) is 163 cm³/mol. The van der Waals surface area contributed by atoms with Crippen molar-refractivity contribution in [3.8, 4) is 28.8 Å². The van der Waals surface area contributed by atoms with Gasteiger partial charge in [0.05, 0.1) is 50.9 Å². The van der Waals surface area contributed by atoms with Crippen molar-refractivity contribution in [2.45, 2.75) is 31.9 Å². The summed E-state index contributed by atoms with van der Waals surface area (Å²) < 4.78 is 22.8. The van der Waals surface area contributed by atoms with Crippen molar-refractivity contribution in [2.24, 2.45) is 0 Å². The summed E-state index contributed by atoms with van der Waals surface area (Å²) >= 11 is 0. The quantitative estimate of drug-likeness (QED) is 0.191. The number of hydrogen-bond donors (Lipinski definition) is 0. The highest BCUT2D eigenvalue weighted by atomic mass is 32.3. The predicted octanol–water partition coefficient (Wildman–Crippen LogP) is 6.44. The Bertz CT molecular complexity index is 1420. The molecule has 0 saturated heterocycles. The number of ether oxygens (including phenoxy) is 3. The summed E-state index contributed by atoms with van der Waals surface area (Å²) in [6.07, 6.45) is 10.4. The van der Waals surface area contributed by atoms with Gasteiger partial charge in [0.2, 0.25) is 0 Å². The smallest absolute Gasteiger partial charge is 0.316 e. The van der Waals surface area contributed by atoms with Crippen molar-refractivity contribution in [2.75, 3.05) is 51.9 Å². The molecule has 2 aromatic heterocycles. The number of methoxy groups -OCH3 is 3. The van der Waals surface area contributed by atoms with E-state index in [0.717, 1.165) is 52.4 Å². The van der Waals surface area contributed by atoms with Crippen LogP contribution in [0.1, 0.15) is 27.2 Å². The van der Waals surface area contributed by atoms with Crippen LogP contribution in [-0.4, -0.2) is 71.7 Å². The molecule has 214 valence electrons. The molecule has 4 aromatic rings. The minimum absolute atomic E-state index is 0.108. The van der Waals surface area contributed by atoms with Gasteiger partial charge in [-0.25, -0.2) is 15.0 Å². The van der Waals surface area contributed by atoms with Crippen molar-refractivity contribution >= 4 is 32.7 Å². The van der Waals surface area contributed by atoms with Crippen LogP contribution < -0.4 is 19.1 Å². The van der Waals surface area contributed by atoms with E-state index in [1.807, 2.05) is 30.3 Å². The molecule has 0 radical (unpaired) electrons. The van der Waals surface area contributed by atoms with Gasteiger partial charge in [-0.2, -0.15) is 0 Å². The van der Waals surface area contributed by atoms with E-state index >= 15 is 0 Å². The number of hydrogen-bond acceptors (Lipinski definition) is 9. The Hall–Kier alpha value is -3.63. The fraction of sp³-hybridized carbons (Fsp3) is 0.400. The van der Waals surface area contributed by atoms with Crippen molar-refractivity contribution in [3.05, 3.63) is 55.0 Å². The number of benzene rings is 2. The van der Waals surface area contributed by atoms with Gasteiger partial charge in [-0.15, -0.1) is 10.3 Å². The lowest BCUT2D eigenvalue weighted by Gasteiger charge is -2.43. The Morgan fingerprint density at radius 1 is 0.775 bits per heavy atom. The molecule has 9 nitrogen and oxygen atoms in total. The second kappa shape index (κ2) is 12.3. The Morgan fingerprint density at radius 3 is 2.05 bits per heavy atom. The zero-order valence-electron chi connectivity index (χ0n) is 24.6. The largest absolute Gasteiger partial charge is 0.497 e. The van der Waals surface area contributed by atoms with Crippen LogP contribution in [-0.2, 0) is 4.18 Å². The van der Waals surface area contributed by atoms with Crippen molar-refractivity contribution in [1.29, 1.82) is 0 Å². The second-order valence-electron chi connectivity index (χ2n) is 10.6. The molecule has 10 heteroatoms. The summed E-state index contributed by atoms with van der Waals surface area (Å²) in [6, 6.07) is 12.3. The van der Waals surface area contributed by atoms with Crippen LogP contribution in [0.4, 0.5) is 11.4 Å². The molecule has 0 saturated carbocycles. The highest BCUT2D eigenvalue weighted by Gasteiger charge is 2.28. The third-order valence-corrected chi connectivity index (χ3v) is 10.7. The van der Waals surface area contributed by atoms with Crippen LogP contribution in [0.5, 0.6) is 17.5 Å². The molecule has 0 spiro atoms. The molecule has 0 N–H and O–H groups in total. The third kappa shape index (κ3) is 6.74. The van der Waals surface area contributed by atoms with Gasteiger partial charge in [-0.3, -0.25) is 4.98 Å². The molecule has 40 heavy (non-hydrogen) atoms. The van der Waals surface area contributed by atoms with Gasteiger partial charge in [-0.1, -0.05) is 20.8 Å². The van der Waals surface area contributed by atoms with Crippen LogP contribution in [0.15, 0.2) is 55.0 Å². The van der Waals surface area contributed by atoms with E-state index in [0.29, 0.717) is 18.3 Å². The molecule has 0 amide bonds. The van der Waals surface area contributed by atoms with E-state index in [2.05, 4.69) is 59.2 Å². The van der Waals surface area contributed by atoms with Crippen LogP contribution >= 0.6 is 10.3 Å². The first-order valence-corrected chi connectivity index (χ1v) is 15.4. The zero-order valence-corrected chi connectivity index (χ0v) is 25.4. The van der Waals surface area contributed by atoms with Gasteiger partial charge < -0.3 is 23.3 Å². The Labute approximate surface area is 238 Å². The summed E-state index contributed by atoms with van der Waals surface area (Å²) in [5.41, 5.74) is 4.93. The molecule has 0 aliphatic carbocycles. The summed E-state index contributed by atoms with van der Waals surface area (Å²) in [5, 5.41) is 0. The summed E-state index contributed by atoms with van der Waals surface area (Å²) in [5.74, 6) is 1.44. The summed E-state index contributed by atoms with van der Waals surface area (Å²) in [6.45, 7) is 8.09. The van der Waals surface area contributed by atoms with Crippen LogP contribution in [0.3, 0.4) is 0 Å². The monoisotopic (exact) mass is 565 g/mol. The maximum Gasteiger partial charge on any atom is 0.316 e. The average molecular weight is 566 g/mol. The van der Waals surface area contributed by atoms with Crippen LogP contribution in [0, 0.1) is 0 Å². The number of anilines is 2. The third-order valence-electron chi connectivity index (χ3n) is 6.97. The van der Waals surface area contributed by atoms with Gasteiger partial charge in [0, 0.05) is 58.8 Å².